The largest absolute Gasteiger partial charge is 0.476 e. The summed E-state index contributed by atoms with van der Waals surface area (Å²) in [7, 11) is 2.08. The fourth-order valence-corrected chi connectivity index (χ4v) is 5.44. The van der Waals surface area contributed by atoms with Gasteiger partial charge in [-0.2, -0.15) is 4.98 Å². The number of rotatable bonds is 10. The van der Waals surface area contributed by atoms with Crippen LogP contribution in [0.25, 0.3) is 0 Å². The van der Waals surface area contributed by atoms with E-state index in [1.165, 1.54) is 11.8 Å². The number of ether oxygens (including phenoxy) is 1. The predicted molar refractivity (Wildman–Crippen MR) is 137 cm³/mol. The third-order valence-electron chi connectivity index (χ3n) is 6.77. The van der Waals surface area contributed by atoms with Crippen LogP contribution in [0.2, 0.25) is 0 Å². The molecule has 2 aromatic rings. The van der Waals surface area contributed by atoms with Crippen LogP contribution in [0, 0.1) is 5.92 Å². The molecule has 1 saturated heterocycles. The highest BCUT2D eigenvalue weighted by Crippen LogP contribution is 2.30. The van der Waals surface area contributed by atoms with Crippen LogP contribution in [-0.4, -0.2) is 62.6 Å². The zero-order valence-corrected chi connectivity index (χ0v) is 21.8. The molecule has 36 heavy (non-hydrogen) atoms. The first-order valence-corrected chi connectivity index (χ1v) is 13.5. The third-order valence-corrected chi connectivity index (χ3v) is 7.58. The fraction of sp³-hybridized carbons (Fsp3) is 0.538. The van der Waals surface area contributed by atoms with E-state index >= 15 is 0 Å². The van der Waals surface area contributed by atoms with Crippen LogP contribution in [-0.2, 0) is 4.79 Å². The van der Waals surface area contributed by atoms with Crippen molar-refractivity contribution in [1.29, 1.82) is 0 Å². The van der Waals surface area contributed by atoms with E-state index in [1.807, 2.05) is 6.92 Å². The molecule has 1 aliphatic heterocycles. The van der Waals surface area contributed by atoms with Gasteiger partial charge in [0.25, 0.3) is 0 Å². The van der Waals surface area contributed by atoms with Crippen molar-refractivity contribution in [2.75, 3.05) is 20.2 Å². The van der Waals surface area contributed by atoms with Crippen LogP contribution in [0.3, 0.4) is 0 Å². The van der Waals surface area contributed by atoms with Gasteiger partial charge in [0.2, 0.25) is 17.5 Å². The quantitative estimate of drug-likeness (QED) is 0.218. The van der Waals surface area contributed by atoms with Gasteiger partial charge in [-0.05, 0) is 63.5 Å². The molecule has 4 rings (SSSR count). The normalized spacial score (nSPS) is 21.3. The fourth-order valence-electron chi connectivity index (χ4n) is 4.73. The molecule has 9 nitrogen and oxygen atoms in total. The van der Waals surface area contributed by atoms with Crippen molar-refractivity contribution < 1.29 is 14.3 Å². The molecule has 1 aliphatic carbocycles. The Labute approximate surface area is 216 Å². The molecule has 2 atom stereocenters. The molecular formula is C26H34N6O3S. The van der Waals surface area contributed by atoms with E-state index in [4.69, 9.17) is 10.5 Å². The lowest BCUT2D eigenvalue weighted by Gasteiger charge is -2.23. The summed E-state index contributed by atoms with van der Waals surface area (Å²) < 4.78 is 6.06. The molecule has 2 fully saturated rings. The number of carbonyl (C=O) groups is 2. The van der Waals surface area contributed by atoms with E-state index in [1.54, 1.807) is 24.5 Å². The minimum absolute atomic E-state index is 0.0142. The lowest BCUT2D eigenvalue weighted by atomic mass is 9.83. The van der Waals surface area contributed by atoms with Gasteiger partial charge >= 0.3 is 0 Å². The van der Waals surface area contributed by atoms with Gasteiger partial charge in [-0.15, -0.1) is 0 Å². The number of allylic oxidation sites excluding steroid dienone is 2. The zero-order chi connectivity index (χ0) is 25.5. The summed E-state index contributed by atoms with van der Waals surface area (Å²) in [6.45, 7) is 3.50. The number of likely N-dealkylation sites (tertiary alicyclic amines) is 1. The lowest BCUT2D eigenvalue weighted by Crippen LogP contribution is -2.31. The molecular weight excluding hydrogens is 476 g/mol. The summed E-state index contributed by atoms with van der Waals surface area (Å²) >= 11 is 1.24. The van der Waals surface area contributed by atoms with Crippen molar-refractivity contribution in [3.8, 4) is 5.88 Å². The average molecular weight is 511 g/mol. The van der Waals surface area contributed by atoms with Crippen molar-refractivity contribution in [1.82, 2.24) is 24.8 Å². The van der Waals surface area contributed by atoms with Crippen LogP contribution < -0.4 is 10.5 Å². The van der Waals surface area contributed by atoms with Crippen molar-refractivity contribution in [3.63, 3.8) is 0 Å². The van der Waals surface area contributed by atoms with E-state index in [-0.39, 0.29) is 17.4 Å². The van der Waals surface area contributed by atoms with Crippen LogP contribution in [0.4, 0.5) is 0 Å². The molecule has 0 radical (unpaired) electrons. The maximum absolute atomic E-state index is 13.7. The molecule has 0 spiro atoms. The Morgan fingerprint density at radius 2 is 2.00 bits per heavy atom. The maximum Gasteiger partial charge on any atom is 0.228 e. The Balaban J connectivity index is 1.65. The molecule has 0 bridgehead atoms. The summed E-state index contributed by atoms with van der Waals surface area (Å²) in [6, 6.07) is 3.75. The van der Waals surface area contributed by atoms with Crippen molar-refractivity contribution >= 4 is 23.3 Å². The molecule has 0 unspecified atom stereocenters. The Morgan fingerprint density at radius 1 is 1.19 bits per heavy atom. The molecule has 1 saturated carbocycles. The third kappa shape index (κ3) is 6.47. The summed E-state index contributed by atoms with van der Waals surface area (Å²) in [5, 5.41) is 1.02. The van der Waals surface area contributed by atoms with E-state index in [2.05, 4.69) is 31.9 Å². The number of Topliss-reactive ketones (excluding diaryl/α,β-unsaturated/α-hetero) is 2. The van der Waals surface area contributed by atoms with Crippen LogP contribution in [0.1, 0.15) is 68.9 Å². The summed E-state index contributed by atoms with van der Waals surface area (Å²) in [4.78, 5) is 46.1. The molecule has 192 valence electrons. The molecule has 2 aliphatic rings. The van der Waals surface area contributed by atoms with Gasteiger partial charge in [0.1, 0.15) is 17.4 Å². The standard InChI is InChI=1S/C26H34N6O3S/c1-3-8-19(23(27)18-10-4-5-11-20(18)33)24(34)25-30-21(35-16-17-9-6-14-32(17)2)15-22(31-25)36-26-28-12-7-13-29-26/h7,12-13,15,17-18H,3-6,8-11,14,16,27H2,1-2H3/t17-,18-/m0/s1. The first-order valence-electron chi connectivity index (χ1n) is 12.7. The Morgan fingerprint density at radius 3 is 2.69 bits per heavy atom. The Kier molecular flexibility index (Phi) is 9.03. The highest BCUT2D eigenvalue weighted by atomic mass is 32.2. The SMILES string of the molecule is CCCC(C(=O)c1nc(OC[C@@H]2CCCN2C)cc(Sc2ncccn2)n1)=C(N)[C@H]1CCCCC1=O. The average Bonchev–Trinajstić information content (AvgIpc) is 3.30. The van der Waals surface area contributed by atoms with Gasteiger partial charge < -0.3 is 15.4 Å². The van der Waals surface area contributed by atoms with Crippen molar-refractivity contribution in [2.45, 2.75) is 74.5 Å². The van der Waals surface area contributed by atoms with Gasteiger partial charge in [-0.3, -0.25) is 9.59 Å². The summed E-state index contributed by atoms with van der Waals surface area (Å²) in [5.74, 6) is -0.313. The minimum atomic E-state index is -0.409. The van der Waals surface area contributed by atoms with E-state index in [0.29, 0.717) is 65.7 Å². The van der Waals surface area contributed by atoms with Crippen LogP contribution in [0.5, 0.6) is 5.88 Å². The van der Waals surface area contributed by atoms with Gasteiger partial charge in [-0.1, -0.05) is 19.8 Å². The topological polar surface area (TPSA) is 124 Å². The number of carbonyl (C=O) groups excluding carboxylic acids is 2. The van der Waals surface area contributed by atoms with Gasteiger partial charge in [0.15, 0.2) is 5.16 Å². The minimum Gasteiger partial charge on any atom is -0.476 e. The van der Waals surface area contributed by atoms with Crippen molar-refractivity contribution in [2.24, 2.45) is 11.7 Å². The number of likely N-dealkylation sites (N-methyl/N-ethyl adjacent to an activating group) is 1. The van der Waals surface area contributed by atoms with Gasteiger partial charge in [0.05, 0.1) is 5.92 Å². The smallest absolute Gasteiger partial charge is 0.228 e. The number of nitrogens with zero attached hydrogens (tertiary/aromatic N) is 5. The second kappa shape index (κ2) is 12.4. The van der Waals surface area contributed by atoms with Gasteiger partial charge in [-0.25, -0.2) is 15.0 Å². The van der Waals surface area contributed by atoms with Crippen molar-refractivity contribution in [3.05, 3.63) is 41.6 Å². The van der Waals surface area contributed by atoms with E-state index in [0.717, 1.165) is 32.2 Å². The van der Waals surface area contributed by atoms with E-state index in [9.17, 15) is 9.59 Å². The predicted octanol–water partition coefficient (Wildman–Crippen LogP) is 3.85. The summed E-state index contributed by atoms with van der Waals surface area (Å²) in [5.41, 5.74) is 7.28. The Bertz CT molecular complexity index is 1110. The monoisotopic (exact) mass is 510 g/mol. The second-order valence-electron chi connectivity index (χ2n) is 9.37. The first-order chi connectivity index (χ1) is 17.5. The molecule has 0 amide bonds. The second-order valence-corrected chi connectivity index (χ2v) is 10.4. The maximum atomic E-state index is 13.7. The Hall–Kier alpha value is -2.85. The molecule has 3 heterocycles. The van der Waals surface area contributed by atoms with E-state index < -0.39 is 5.92 Å². The highest BCUT2D eigenvalue weighted by molar-refractivity contribution is 7.99. The zero-order valence-electron chi connectivity index (χ0n) is 21.0. The lowest BCUT2D eigenvalue weighted by molar-refractivity contribution is -0.123. The molecule has 0 aromatic carbocycles. The molecule has 10 heteroatoms. The first kappa shape index (κ1) is 26.2. The summed E-state index contributed by atoms with van der Waals surface area (Å²) in [6.07, 6.45) is 9.66. The van der Waals surface area contributed by atoms with Gasteiger partial charge in [0, 0.05) is 42.2 Å². The number of hydrogen-bond acceptors (Lipinski definition) is 10. The molecule has 2 aromatic heterocycles. The number of nitrogens with two attached hydrogens (primary N) is 1. The highest BCUT2D eigenvalue weighted by Gasteiger charge is 2.30. The van der Waals surface area contributed by atoms with Crippen LogP contribution >= 0.6 is 11.8 Å². The number of ketones is 2. The number of aromatic nitrogens is 4. The van der Waals surface area contributed by atoms with Crippen LogP contribution in [0.15, 0.2) is 46.0 Å². The number of hydrogen-bond donors (Lipinski definition) is 1. The molecule has 2 N–H and O–H groups in total.